The molecule has 0 fully saturated rings. The molecule has 3 nitrogen and oxygen atoms in total. The first-order valence-electron chi connectivity index (χ1n) is 3.29. The van der Waals surface area contributed by atoms with Crippen LogP contribution in [0.2, 0.25) is 0 Å². The lowest BCUT2D eigenvalue weighted by Crippen LogP contribution is -1.93. The van der Waals surface area contributed by atoms with Gasteiger partial charge in [-0.05, 0) is 18.2 Å². The lowest BCUT2D eigenvalue weighted by atomic mass is 10.4. The highest BCUT2D eigenvalue weighted by Gasteiger charge is 1.92. The van der Waals surface area contributed by atoms with E-state index >= 15 is 0 Å². The Hall–Kier alpha value is -1.64. The third-order valence-electron chi connectivity index (χ3n) is 1.35. The summed E-state index contributed by atoms with van der Waals surface area (Å²) in [6.45, 7) is 0. The van der Waals surface area contributed by atoms with Crippen molar-refractivity contribution in [3.63, 3.8) is 0 Å². The standard InChI is InChI=1S/C8H6N3/c1-3-8(7-9-4-1)11-6-2-5-10-11/h1-6H. The Bertz CT molecular complexity index is 312. The average molecular weight is 144 g/mol. The summed E-state index contributed by atoms with van der Waals surface area (Å²) in [5, 5.41) is 4.03. The summed E-state index contributed by atoms with van der Waals surface area (Å²) >= 11 is 0. The molecule has 0 saturated carbocycles. The zero-order valence-electron chi connectivity index (χ0n) is 5.81. The fourth-order valence-corrected chi connectivity index (χ4v) is 0.857. The smallest absolute Gasteiger partial charge is 0.116 e. The van der Waals surface area contributed by atoms with E-state index in [0.717, 1.165) is 5.69 Å². The van der Waals surface area contributed by atoms with Gasteiger partial charge in [0.05, 0.1) is 5.69 Å². The Morgan fingerprint density at radius 2 is 2.27 bits per heavy atom. The van der Waals surface area contributed by atoms with Crippen LogP contribution in [0.5, 0.6) is 0 Å². The van der Waals surface area contributed by atoms with E-state index in [1.165, 1.54) is 0 Å². The molecule has 0 aliphatic heterocycles. The van der Waals surface area contributed by atoms with E-state index in [1.807, 2.05) is 24.4 Å². The highest BCUT2D eigenvalue weighted by molar-refractivity contribution is 5.24. The monoisotopic (exact) mass is 144 g/mol. The van der Waals surface area contributed by atoms with E-state index in [-0.39, 0.29) is 0 Å². The maximum absolute atomic E-state index is 4.03. The number of aromatic nitrogens is 3. The molecule has 0 aliphatic rings. The molecular weight excluding hydrogens is 138 g/mol. The zero-order valence-corrected chi connectivity index (χ0v) is 5.81. The minimum absolute atomic E-state index is 0.859. The van der Waals surface area contributed by atoms with Crippen LogP contribution in [0.4, 0.5) is 0 Å². The van der Waals surface area contributed by atoms with E-state index in [0.29, 0.717) is 0 Å². The maximum atomic E-state index is 4.03. The predicted molar refractivity (Wildman–Crippen MR) is 40.2 cm³/mol. The molecule has 0 aliphatic carbocycles. The van der Waals surface area contributed by atoms with Crippen LogP contribution >= 0.6 is 0 Å². The highest BCUT2D eigenvalue weighted by Crippen LogP contribution is 2.00. The second-order valence-corrected chi connectivity index (χ2v) is 2.08. The summed E-state index contributed by atoms with van der Waals surface area (Å²) in [7, 11) is 0. The van der Waals surface area contributed by atoms with Crippen molar-refractivity contribution in [2.75, 3.05) is 0 Å². The van der Waals surface area contributed by atoms with Crippen molar-refractivity contribution in [1.29, 1.82) is 0 Å². The maximum Gasteiger partial charge on any atom is 0.116 e. The number of rotatable bonds is 1. The minimum Gasteiger partial charge on any atom is -0.252 e. The van der Waals surface area contributed by atoms with Crippen molar-refractivity contribution in [1.82, 2.24) is 14.8 Å². The second kappa shape index (κ2) is 2.54. The van der Waals surface area contributed by atoms with E-state index < -0.39 is 0 Å². The molecule has 53 valence electrons. The van der Waals surface area contributed by atoms with Crippen LogP contribution in [-0.4, -0.2) is 14.8 Å². The summed E-state index contributed by atoms with van der Waals surface area (Å²) in [4.78, 5) is 3.85. The molecule has 0 atom stereocenters. The molecule has 3 heteroatoms. The molecule has 11 heavy (non-hydrogen) atoms. The fraction of sp³-hybridized carbons (Fsp3) is 0. The molecule has 2 heterocycles. The third-order valence-corrected chi connectivity index (χ3v) is 1.35. The van der Waals surface area contributed by atoms with Gasteiger partial charge in [0.1, 0.15) is 6.20 Å². The van der Waals surface area contributed by atoms with E-state index in [2.05, 4.69) is 16.3 Å². The number of pyridine rings is 1. The number of hydrogen-bond acceptors (Lipinski definition) is 2. The molecule has 0 saturated heterocycles. The van der Waals surface area contributed by atoms with Gasteiger partial charge < -0.3 is 0 Å². The van der Waals surface area contributed by atoms with Crippen LogP contribution < -0.4 is 0 Å². The van der Waals surface area contributed by atoms with Gasteiger partial charge in [-0.25, -0.2) is 4.68 Å². The van der Waals surface area contributed by atoms with Crippen molar-refractivity contribution in [3.8, 4) is 5.69 Å². The average Bonchev–Trinajstić information content (AvgIpc) is 2.58. The molecule has 0 spiro atoms. The van der Waals surface area contributed by atoms with Gasteiger partial charge in [0.25, 0.3) is 0 Å². The minimum atomic E-state index is 0.859. The predicted octanol–water partition coefficient (Wildman–Crippen LogP) is 1.07. The van der Waals surface area contributed by atoms with Gasteiger partial charge in [-0.1, -0.05) is 0 Å². The van der Waals surface area contributed by atoms with Gasteiger partial charge in [-0.2, -0.15) is 5.10 Å². The molecule has 0 bridgehead atoms. The summed E-state index contributed by atoms with van der Waals surface area (Å²) in [5.74, 6) is 0. The molecule has 0 aromatic carbocycles. The van der Waals surface area contributed by atoms with Crippen molar-refractivity contribution in [3.05, 3.63) is 43.0 Å². The highest BCUT2D eigenvalue weighted by atomic mass is 15.3. The third kappa shape index (κ3) is 1.12. The van der Waals surface area contributed by atoms with Crippen LogP contribution in [0.3, 0.4) is 0 Å². The van der Waals surface area contributed by atoms with Crippen molar-refractivity contribution >= 4 is 0 Å². The topological polar surface area (TPSA) is 30.7 Å². The van der Waals surface area contributed by atoms with Crippen LogP contribution in [-0.2, 0) is 0 Å². The van der Waals surface area contributed by atoms with Gasteiger partial charge in [0, 0.05) is 18.6 Å². The van der Waals surface area contributed by atoms with Gasteiger partial charge in [-0.15, -0.1) is 0 Å². The summed E-state index contributed by atoms with van der Waals surface area (Å²) in [6, 6.07) is 5.62. The first kappa shape index (κ1) is 6.09. The Labute approximate surface area is 64.3 Å². The molecule has 0 amide bonds. The molecule has 1 radical (unpaired) electrons. The zero-order chi connectivity index (χ0) is 7.52. The molecule has 2 aromatic rings. The van der Waals surface area contributed by atoms with Gasteiger partial charge >= 0.3 is 0 Å². The Balaban J connectivity index is 2.46. The van der Waals surface area contributed by atoms with Gasteiger partial charge in [0.15, 0.2) is 0 Å². The molecule has 2 aromatic heterocycles. The molecule has 2 rings (SSSR count). The first-order valence-corrected chi connectivity index (χ1v) is 3.29. The number of nitrogens with zero attached hydrogens (tertiary/aromatic N) is 3. The largest absolute Gasteiger partial charge is 0.252 e. The quantitative estimate of drug-likeness (QED) is 0.599. The van der Waals surface area contributed by atoms with E-state index in [1.54, 1.807) is 17.1 Å². The van der Waals surface area contributed by atoms with Gasteiger partial charge in [0.2, 0.25) is 0 Å². The number of hydrogen-bond donors (Lipinski definition) is 0. The SMILES string of the molecule is [c]1ncccc1-n1cccn1. The van der Waals surface area contributed by atoms with Crippen LogP contribution in [0, 0.1) is 6.20 Å². The molecule has 0 N–H and O–H groups in total. The van der Waals surface area contributed by atoms with Crippen molar-refractivity contribution < 1.29 is 0 Å². The molecular formula is C8H6N3. The second-order valence-electron chi connectivity index (χ2n) is 2.08. The fourth-order valence-electron chi connectivity index (χ4n) is 0.857. The van der Waals surface area contributed by atoms with E-state index in [9.17, 15) is 0 Å². The first-order chi connectivity index (χ1) is 5.47. The summed E-state index contributed by atoms with van der Waals surface area (Å²) < 4.78 is 1.72. The Kier molecular flexibility index (Phi) is 1.41. The van der Waals surface area contributed by atoms with Crippen molar-refractivity contribution in [2.45, 2.75) is 0 Å². The lowest BCUT2D eigenvalue weighted by molar-refractivity contribution is 0.872. The summed E-state index contributed by atoms with van der Waals surface area (Å²) in [5.41, 5.74) is 0.859. The normalized spacial score (nSPS) is 9.82. The van der Waals surface area contributed by atoms with E-state index in [4.69, 9.17) is 0 Å². The van der Waals surface area contributed by atoms with Gasteiger partial charge in [-0.3, -0.25) is 4.98 Å². The Morgan fingerprint density at radius 3 is 2.91 bits per heavy atom. The Morgan fingerprint density at radius 1 is 1.27 bits per heavy atom. The van der Waals surface area contributed by atoms with Crippen molar-refractivity contribution in [2.24, 2.45) is 0 Å². The molecule has 0 unspecified atom stereocenters. The van der Waals surface area contributed by atoms with Crippen LogP contribution in [0.15, 0.2) is 36.8 Å². The lowest BCUT2D eigenvalue weighted by Gasteiger charge is -1.96. The van der Waals surface area contributed by atoms with Crippen LogP contribution in [0.25, 0.3) is 5.69 Å². The van der Waals surface area contributed by atoms with Crippen LogP contribution in [0.1, 0.15) is 0 Å². The summed E-state index contributed by atoms with van der Waals surface area (Å²) in [6.07, 6.45) is 8.09.